The van der Waals surface area contributed by atoms with Crippen LogP contribution in [0.15, 0.2) is 24.5 Å². The first-order valence-electron chi connectivity index (χ1n) is 9.07. The summed E-state index contributed by atoms with van der Waals surface area (Å²) >= 11 is 0. The van der Waals surface area contributed by atoms with Crippen molar-refractivity contribution in [2.24, 2.45) is 17.8 Å². The van der Waals surface area contributed by atoms with Crippen molar-refractivity contribution < 1.29 is 5.11 Å². The molecule has 2 aromatic rings. The Hall–Kier alpha value is -1.61. The molecule has 7 rings (SSSR count). The van der Waals surface area contributed by atoms with E-state index in [1.807, 2.05) is 6.20 Å². The summed E-state index contributed by atoms with van der Waals surface area (Å²) < 4.78 is 2.56. The Morgan fingerprint density at radius 2 is 2.00 bits per heavy atom. The van der Waals surface area contributed by atoms with Crippen LogP contribution in [-0.4, -0.2) is 20.3 Å². The summed E-state index contributed by atoms with van der Waals surface area (Å²) in [6.07, 6.45) is 15.5. The van der Waals surface area contributed by atoms with Crippen molar-refractivity contribution in [3.8, 4) is 0 Å². The average Bonchev–Trinajstić information content (AvgIpc) is 3.10. The van der Waals surface area contributed by atoms with Crippen LogP contribution in [0.4, 0.5) is 0 Å². The number of hydrogen-bond donors (Lipinski definition) is 1. The number of aliphatic hydroxyl groups is 1. The molecular formula is C20H22N2O. The maximum atomic E-state index is 10.9. The first-order chi connectivity index (χ1) is 11.2. The molecule has 4 saturated carbocycles. The van der Waals surface area contributed by atoms with Crippen LogP contribution < -0.4 is 0 Å². The number of nitrogens with zero attached hydrogens (tertiary/aromatic N) is 2. The molecule has 0 aliphatic heterocycles. The molecule has 0 saturated heterocycles. The van der Waals surface area contributed by atoms with Gasteiger partial charge in [-0.15, -0.1) is 0 Å². The molecular weight excluding hydrogens is 284 g/mol. The highest BCUT2D eigenvalue weighted by Gasteiger charge is 2.55. The normalized spacial score (nSPS) is 40.2. The number of hydrogen-bond acceptors (Lipinski definition) is 2. The molecule has 4 fully saturated rings. The molecule has 5 aliphatic carbocycles. The van der Waals surface area contributed by atoms with Crippen molar-refractivity contribution in [1.82, 2.24) is 9.55 Å². The van der Waals surface area contributed by atoms with Gasteiger partial charge in [-0.1, -0.05) is 12.2 Å². The number of aromatic nitrogens is 2. The number of fused-ring (bicyclic) bond motifs is 3. The summed E-state index contributed by atoms with van der Waals surface area (Å²) in [4.78, 5) is 4.63. The summed E-state index contributed by atoms with van der Waals surface area (Å²) in [6.45, 7) is 0. The Kier molecular flexibility index (Phi) is 2.26. The van der Waals surface area contributed by atoms with E-state index in [9.17, 15) is 5.11 Å². The number of allylic oxidation sites excluding steroid dienone is 1. The molecule has 2 aromatic heterocycles. The Labute approximate surface area is 136 Å². The lowest BCUT2D eigenvalue weighted by atomic mass is 9.52. The van der Waals surface area contributed by atoms with Gasteiger partial charge in [0.1, 0.15) is 0 Å². The second-order valence-corrected chi connectivity index (χ2v) is 8.44. The molecule has 2 heterocycles. The van der Waals surface area contributed by atoms with Crippen LogP contribution in [0.3, 0.4) is 0 Å². The molecule has 23 heavy (non-hydrogen) atoms. The molecule has 3 heteroatoms. The van der Waals surface area contributed by atoms with Gasteiger partial charge < -0.3 is 9.67 Å². The smallest absolute Gasteiger partial charge is 0.0657 e. The van der Waals surface area contributed by atoms with Gasteiger partial charge in [0.25, 0.3) is 0 Å². The lowest BCUT2D eigenvalue weighted by molar-refractivity contribution is -0.146. The second kappa shape index (κ2) is 4.07. The average molecular weight is 306 g/mol. The van der Waals surface area contributed by atoms with Gasteiger partial charge in [-0.2, -0.15) is 0 Å². The standard InChI is InChI=1S/C20H22N2O/c23-20-8-12-6-14(9-20)18(15(7-12)10-20)22-5-4-13-11-21-17-3-1-2-16(17)19(13)22/h1-2,4-5,11-12,14-15,18,23H,3,6-10H2/t12?,14-,15+,18?,20?. The fourth-order valence-corrected chi connectivity index (χ4v) is 6.50. The van der Waals surface area contributed by atoms with Crippen molar-refractivity contribution >= 4 is 17.0 Å². The quantitative estimate of drug-likeness (QED) is 0.872. The third-order valence-electron chi connectivity index (χ3n) is 6.98. The zero-order valence-corrected chi connectivity index (χ0v) is 13.3. The molecule has 3 nitrogen and oxygen atoms in total. The predicted molar refractivity (Wildman–Crippen MR) is 90.0 cm³/mol. The minimum atomic E-state index is -0.348. The van der Waals surface area contributed by atoms with E-state index in [1.165, 1.54) is 35.0 Å². The Balaban J connectivity index is 1.53. The second-order valence-electron chi connectivity index (χ2n) is 8.44. The van der Waals surface area contributed by atoms with Crippen LogP contribution in [-0.2, 0) is 6.42 Å². The van der Waals surface area contributed by atoms with Crippen molar-refractivity contribution in [3.05, 3.63) is 35.8 Å². The highest BCUT2D eigenvalue weighted by atomic mass is 16.3. The third-order valence-corrected chi connectivity index (χ3v) is 6.98. The summed E-state index contributed by atoms with van der Waals surface area (Å²) in [5, 5.41) is 12.1. The first kappa shape index (κ1) is 12.8. The summed E-state index contributed by atoms with van der Waals surface area (Å²) in [5.41, 5.74) is 3.59. The molecule has 0 radical (unpaired) electrons. The van der Waals surface area contributed by atoms with E-state index >= 15 is 0 Å². The zero-order valence-electron chi connectivity index (χ0n) is 13.3. The monoisotopic (exact) mass is 306 g/mol. The van der Waals surface area contributed by atoms with Gasteiger partial charge in [-0.25, -0.2) is 0 Å². The van der Waals surface area contributed by atoms with Gasteiger partial charge in [0.2, 0.25) is 0 Å². The van der Waals surface area contributed by atoms with Gasteiger partial charge in [0.05, 0.1) is 16.8 Å². The Bertz CT molecular complexity index is 833. The van der Waals surface area contributed by atoms with Crippen molar-refractivity contribution in [3.63, 3.8) is 0 Å². The van der Waals surface area contributed by atoms with E-state index in [-0.39, 0.29) is 5.60 Å². The lowest BCUT2D eigenvalue weighted by Gasteiger charge is -2.58. The summed E-state index contributed by atoms with van der Waals surface area (Å²) in [5.74, 6) is 2.06. The van der Waals surface area contributed by atoms with Crippen LogP contribution in [0.5, 0.6) is 0 Å². The van der Waals surface area contributed by atoms with Gasteiger partial charge in [-0.05, 0) is 55.9 Å². The maximum absolute atomic E-state index is 10.9. The minimum absolute atomic E-state index is 0.348. The largest absolute Gasteiger partial charge is 0.390 e. The zero-order chi connectivity index (χ0) is 15.2. The van der Waals surface area contributed by atoms with Crippen LogP contribution in [0.25, 0.3) is 17.0 Å². The molecule has 118 valence electrons. The van der Waals surface area contributed by atoms with Gasteiger partial charge in [-0.3, -0.25) is 4.98 Å². The van der Waals surface area contributed by atoms with E-state index in [0.29, 0.717) is 17.9 Å². The fourth-order valence-electron chi connectivity index (χ4n) is 6.50. The molecule has 0 amide bonds. The van der Waals surface area contributed by atoms with E-state index < -0.39 is 0 Å². The van der Waals surface area contributed by atoms with Crippen LogP contribution in [0.2, 0.25) is 0 Å². The lowest BCUT2D eigenvalue weighted by Crippen LogP contribution is -2.54. The minimum Gasteiger partial charge on any atom is -0.390 e. The van der Waals surface area contributed by atoms with E-state index in [0.717, 1.165) is 31.6 Å². The summed E-state index contributed by atoms with van der Waals surface area (Å²) in [6, 6.07) is 2.80. The number of pyridine rings is 1. The molecule has 5 atom stereocenters. The first-order valence-corrected chi connectivity index (χ1v) is 9.07. The Morgan fingerprint density at radius 1 is 1.17 bits per heavy atom. The highest BCUT2D eigenvalue weighted by molar-refractivity contribution is 5.90. The van der Waals surface area contributed by atoms with Crippen LogP contribution >= 0.6 is 0 Å². The maximum Gasteiger partial charge on any atom is 0.0657 e. The molecule has 3 unspecified atom stereocenters. The van der Waals surface area contributed by atoms with E-state index in [1.54, 1.807) is 0 Å². The van der Waals surface area contributed by atoms with Crippen molar-refractivity contribution in [1.29, 1.82) is 0 Å². The van der Waals surface area contributed by atoms with Gasteiger partial charge in [0.15, 0.2) is 0 Å². The third kappa shape index (κ3) is 1.61. The predicted octanol–water partition coefficient (Wildman–Crippen LogP) is 3.72. The molecule has 1 N–H and O–H groups in total. The topological polar surface area (TPSA) is 38.0 Å². The van der Waals surface area contributed by atoms with Crippen molar-refractivity contribution in [2.75, 3.05) is 0 Å². The van der Waals surface area contributed by atoms with Crippen molar-refractivity contribution in [2.45, 2.75) is 50.2 Å². The molecule has 0 aromatic carbocycles. The van der Waals surface area contributed by atoms with Crippen LogP contribution in [0.1, 0.15) is 49.4 Å². The highest BCUT2D eigenvalue weighted by Crippen LogP contribution is 2.60. The molecule has 0 spiro atoms. The number of rotatable bonds is 1. The van der Waals surface area contributed by atoms with E-state index in [2.05, 4.69) is 34.0 Å². The summed E-state index contributed by atoms with van der Waals surface area (Å²) in [7, 11) is 0. The SMILES string of the molecule is OC12CC3C[C@H](C1)C(n1ccc4cnc5c(c41)C=CC5)[C@@H](C3)C2. The van der Waals surface area contributed by atoms with E-state index in [4.69, 9.17) is 0 Å². The van der Waals surface area contributed by atoms with Gasteiger partial charge >= 0.3 is 0 Å². The molecule has 5 aliphatic rings. The fraction of sp³-hybridized carbons (Fsp3) is 0.550. The molecule has 4 bridgehead atoms. The van der Waals surface area contributed by atoms with Gasteiger partial charge in [0, 0.05) is 35.8 Å². The Morgan fingerprint density at radius 3 is 2.78 bits per heavy atom. The van der Waals surface area contributed by atoms with Crippen LogP contribution in [0, 0.1) is 17.8 Å².